The molecule has 2 saturated heterocycles. The van der Waals surface area contributed by atoms with Crippen molar-refractivity contribution in [2.45, 2.75) is 93.7 Å². The number of rotatable bonds is 5. The number of amides is 3. The van der Waals surface area contributed by atoms with Gasteiger partial charge in [-0.05, 0) is 38.5 Å². The second kappa shape index (κ2) is 6.30. The van der Waals surface area contributed by atoms with Crippen molar-refractivity contribution in [1.82, 2.24) is 15.5 Å². The smallest absolute Gasteiger partial charge is 0.246 e. The number of likely N-dealkylation sites (tertiary alicyclic amines) is 1. The molecule has 2 N–H and O–H groups in total. The van der Waals surface area contributed by atoms with Crippen molar-refractivity contribution in [3.63, 3.8) is 0 Å². The zero-order chi connectivity index (χ0) is 19.8. The summed E-state index contributed by atoms with van der Waals surface area (Å²) in [6.07, 6.45) is 12.8. The Morgan fingerprint density at radius 1 is 0.966 bits per heavy atom. The molecule has 5 atom stereocenters. The van der Waals surface area contributed by atoms with Gasteiger partial charge in [0.05, 0.1) is 17.9 Å². The summed E-state index contributed by atoms with van der Waals surface area (Å²) in [7, 11) is 0. The van der Waals surface area contributed by atoms with E-state index in [4.69, 9.17) is 4.74 Å². The van der Waals surface area contributed by atoms with Crippen LogP contribution in [-0.4, -0.2) is 58.5 Å². The Kier molecular flexibility index (Phi) is 3.90. The maximum atomic E-state index is 13.5. The topological polar surface area (TPSA) is 87.7 Å². The normalized spacial score (nSPS) is 41.0. The third-order valence-corrected chi connectivity index (χ3v) is 7.68. The lowest BCUT2D eigenvalue weighted by Crippen LogP contribution is -2.57. The van der Waals surface area contributed by atoms with Crippen LogP contribution in [0, 0.1) is 11.8 Å². The number of nitrogens with one attached hydrogen (secondary N) is 2. The standard InChI is InChI=1S/C22H29N3O4/c26-19(23-13-6-7-13)16-15-10-11-22(29-15)17(16)21(28)25(14-8-9-14)18(22)20(27)24-12-4-2-1-3-5-12/h10-18H,1-9H2,(H,23,26)(H,24,27)/t15-,16+,17-,18+,22-/m1/s1. The zero-order valence-corrected chi connectivity index (χ0v) is 16.6. The quantitative estimate of drug-likeness (QED) is 0.676. The number of hydrogen-bond donors (Lipinski definition) is 2. The van der Waals surface area contributed by atoms with Crippen molar-refractivity contribution in [2.24, 2.45) is 11.8 Å². The minimum absolute atomic E-state index is 0.0703. The van der Waals surface area contributed by atoms with E-state index in [1.165, 1.54) is 6.42 Å². The summed E-state index contributed by atoms with van der Waals surface area (Å²) in [5.74, 6) is -1.38. The monoisotopic (exact) mass is 399 g/mol. The fourth-order valence-electron chi connectivity index (χ4n) is 6.00. The van der Waals surface area contributed by atoms with Crippen LogP contribution in [-0.2, 0) is 19.1 Å². The summed E-state index contributed by atoms with van der Waals surface area (Å²) >= 11 is 0. The first-order valence-corrected chi connectivity index (χ1v) is 11.4. The Morgan fingerprint density at radius 3 is 2.34 bits per heavy atom. The summed E-state index contributed by atoms with van der Waals surface area (Å²) in [5, 5.41) is 6.28. The van der Waals surface area contributed by atoms with Crippen LogP contribution in [0.1, 0.15) is 57.8 Å². The van der Waals surface area contributed by atoms with Crippen LogP contribution >= 0.6 is 0 Å². The molecule has 6 rings (SSSR count). The van der Waals surface area contributed by atoms with E-state index in [2.05, 4.69) is 10.6 Å². The molecule has 7 heteroatoms. The van der Waals surface area contributed by atoms with Crippen molar-refractivity contribution in [3.8, 4) is 0 Å². The van der Waals surface area contributed by atoms with Gasteiger partial charge in [-0.1, -0.05) is 31.4 Å². The van der Waals surface area contributed by atoms with E-state index in [9.17, 15) is 14.4 Å². The van der Waals surface area contributed by atoms with Crippen LogP contribution < -0.4 is 10.6 Å². The van der Waals surface area contributed by atoms with E-state index in [0.717, 1.165) is 51.4 Å². The number of fused-ring (bicyclic) bond motifs is 1. The van der Waals surface area contributed by atoms with Crippen LogP contribution in [0.4, 0.5) is 0 Å². The Balaban J connectivity index is 1.31. The van der Waals surface area contributed by atoms with Crippen LogP contribution in [0.2, 0.25) is 0 Å². The molecule has 0 aromatic carbocycles. The van der Waals surface area contributed by atoms with E-state index >= 15 is 0 Å². The minimum atomic E-state index is -0.991. The Bertz CT molecular complexity index is 783. The lowest BCUT2D eigenvalue weighted by atomic mass is 9.74. The van der Waals surface area contributed by atoms with Crippen LogP contribution in [0.25, 0.3) is 0 Å². The molecule has 0 aromatic rings. The summed E-state index contributed by atoms with van der Waals surface area (Å²) in [6.45, 7) is 0. The second-order valence-corrected chi connectivity index (χ2v) is 9.80. The van der Waals surface area contributed by atoms with Gasteiger partial charge in [-0.15, -0.1) is 0 Å². The van der Waals surface area contributed by atoms with Gasteiger partial charge in [0.1, 0.15) is 11.6 Å². The molecule has 3 amide bonds. The summed E-state index contributed by atoms with van der Waals surface area (Å²) in [5.41, 5.74) is -0.991. The Morgan fingerprint density at radius 2 is 1.66 bits per heavy atom. The highest BCUT2D eigenvalue weighted by atomic mass is 16.5. The number of nitrogens with zero attached hydrogens (tertiary/aromatic N) is 1. The van der Waals surface area contributed by atoms with E-state index in [1.807, 2.05) is 12.2 Å². The zero-order valence-electron chi connectivity index (χ0n) is 16.6. The lowest BCUT2D eigenvalue weighted by molar-refractivity contribution is -0.142. The molecule has 6 aliphatic rings. The predicted octanol–water partition coefficient (Wildman–Crippen LogP) is 1.03. The first-order valence-electron chi connectivity index (χ1n) is 11.4. The average Bonchev–Trinajstić information content (AvgIpc) is 3.63. The molecular formula is C22H29N3O4. The van der Waals surface area contributed by atoms with Crippen LogP contribution in [0.3, 0.4) is 0 Å². The largest absolute Gasteiger partial charge is 0.359 e. The fourth-order valence-corrected chi connectivity index (χ4v) is 6.00. The van der Waals surface area contributed by atoms with Gasteiger partial charge in [0.15, 0.2) is 0 Å². The van der Waals surface area contributed by atoms with Gasteiger partial charge in [0, 0.05) is 18.1 Å². The predicted molar refractivity (Wildman–Crippen MR) is 104 cm³/mol. The molecular weight excluding hydrogens is 370 g/mol. The molecule has 29 heavy (non-hydrogen) atoms. The van der Waals surface area contributed by atoms with Gasteiger partial charge in [-0.25, -0.2) is 0 Å². The van der Waals surface area contributed by atoms with E-state index in [0.29, 0.717) is 0 Å². The van der Waals surface area contributed by atoms with Crippen molar-refractivity contribution in [1.29, 1.82) is 0 Å². The Labute approximate surface area is 170 Å². The van der Waals surface area contributed by atoms with Crippen molar-refractivity contribution < 1.29 is 19.1 Å². The average molecular weight is 399 g/mol. The SMILES string of the molecule is O=C(NC1CC1)[C@H]1[C@H]2C=C[C@]3(O2)[C@H](C(=O)NC2CCCCC2)N(C2CC2)C(=O)[C@@H]13. The van der Waals surface area contributed by atoms with E-state index < -0.39 is 29.6 Å². The van der Waals surface area contributed by atoms with Crippen LogP contribution in [0.15, 0.2) is 12.2 Å². The van der Waals surface area contributed by atoms with Crippen molar-refractivity contribution in [2.75, 3.05) is 0 Å². The third-order valence-electron chi connectivity index (χ3n) is 7.68. The van der Waals surface area contributed by atoms with E-state index in [1.54, 1.807) is 4.90 Å². The molecule has 156 valence electrons. The van der Waals surface area contributed by atoms with Gasteiger partial charge < -0.3 is 20.3 Å². The number of carbonyl (C=O) groups excluding carboxylic acids is 3. The maximum Gasteiger partial charge on any atom is 0.246 e. The molecule has 0 radical (unpaired) electrons. The lowest BCUT2D eigenvalue weighted by Gasteiger charge is -2.34. The number of carbonyl (C=O) groups is 3. The molecule has 7 nitrogen and oxygen atoms in total. The molecule has 0 unspecified atom stereocenters. The van der Waals surface area contributed by atoms with Crippen molar-refractivity contribution in [3.05, 3.63) is 12.2 Å². The van der Waals surface area contributed by atoms with Gasteiger partial charge in [-0.2, -0.15) is 0 Å². The molecule has 3 aliphatic heterocycles. The molecule has 2 bridgehead atoms. The first-order chi connectivity index (χ1) is 14.1. The summed E-state index contributed by atoms with van der Waals surface area (Å²) in [4.78, 5) is 41.7. The molecule has 5 fully saturated rings. The van der Waals surface area contributed by atoms with Crippen molar-refractivity contribution >= 4 is 17.7 Å². The number of ether oxygens (including phenoxy) is 1. The second-order valence-electron chi connectivity index (χ2n) is 9.80. The summed E-state index contributed by atoms with van der Waals surface area (Å²) < 4.78 is 6.33. The highest BCUT2D eigenvalue weighted by Crippen LogP contribution is 2.57. The molecule has 1 spiro atoms. The van der Waals surface area contributed by atoms with Gasteiger partial charge in [0.2, 0.25) is 17.7 Å². The summed E-state index contributed by atoms with van der Waals surface area (Å²) in [6, 6.07) is -0.135. The highest BCUT2D eigenvalue weighted by molar-refractivity contribution is 6.00. The molecule has 3 saturated carbocycles. The molecule has 3 heterocycles. The van der Waals surface area contributed by atoms with Gasteiger partial charge >= 0.3 is 0 Å². The van der Waals surface area contributed by atoms with Crippen LogP contribution in [0.5, 0.6) is 0 Å². The first kappa shape index (κ1) is 17.9. The molecule has 0 aromatic heterocycles. The minimum Gasteiger partial charge on any atom is -0.359 e. The third kappa shape index (κ3) is 2.69. The molecule has 3 aliphatic carbocycles. The maximum absolute atomic E-state index is 13.5. The Hall–Kier alpha value is -1.89. The fraction of sp³-hybridized carbons (Fsp3) is 0.773. The number of hydrogen-bond acceptors (Lipinski definition) is 4. The van der Waals surface area contributed by atoms with Gasteiger partial charge in [-0.3, -0.25) is 14.4 Å². The van der Waals surface area contributed by atoms with E-state index in [-0.39, 0.29) is 35.8 Å². The van der Waals surface area contributed by atoms with Gasteiger partial charge in [0.25, 0.3) is 0 Å². The highest BCUT2D eigenvalue weighted by Gasteiger charge is 2.74.